The summed E-state index contributed by atoms with van der Waals surface area (Å²) in [5.41, 5.74) is 0. The molecular weight excluding hydrogens is 188 g/mol. The first-order chi connectivity index (χ1) is 7.25. The summed E-state index contributed by atoms with van der Waals surface area (Å²) in [5.74, 6) is 0.542. The lowest BCUT2D eigenvalue weighted by molar-refractivity contribution is -0.135. The van der Waals surface area contributed by atoms with Gasteiger partial charge in [0.2, 0.25) is 5.91 Å². The smallest absolute Gasteiger partial charge is 0.227 e. The van der Waals surface area contributed by atoms with E-state index in [0.717, 1.165) is 32.5 Å². The van der Waals surface area contributed by atoms with E-state index < -0.39 is 0 Å². The molecule has 0 saturated carbocycles. The largest absolute Gasteiger partial charge is 0.345 e. The van der Waals surface area contributed by atoms with E-state index in [1.54, 1.807) is 0 Å². The van der Waals surface area contributed by atoms with Crippen molar-refractivity contribution in [1.82, 2.24) is 10.2 Å². The number of unbranched alkanes of at least 4 members (excludes halogenated alkanes) is 3. The van der Waals surface area contributed by atoms with Crippen LogP contribution >= 0.6 is 0 Å². The molecule has 0 aliphatic carbocycles. The summed E-state index contributed by atoms with van der Waals surface area (Å²) in [6, 6.07) is 0. The molecule has 15 heavy (non-hydrogen) atoms. The van der Waals surface area contributed by atoms with E-state index >= 15 is 0 Å². The van der Waals surface area contributed by atoms with Crippen molar-refractivity contribution in [1.29, 1.82) is 0 Å². The number of nitrogens with one attached hydrogen (secondary N) is 1. The predicted octanol–water partition coefficient (Wildman–Crippen LogP) is 1.41. The Bertz CT molecular complexity index is 212. The first-order valence-electron chi connectivity index (χ1n) is 5.82. The number of hydrogen-bond acceptors (Lipinski definition) is 2. The van der Waals surface area contributed by atoms with Crippen molar-refractivity contribution < 1.29 is 4.79 Å². The lowest BCUT2D eigenvalue weighted by Crippen LogP contribution is -2.51. The van der Waals surface area contributed by atoms with Crippen molar-refractivity contribution in [2.24, 2.45) is 5.92 Å². The Balaban J connectivity index is 2.04. The Labute approximate surface area is 92.5 Å². The highest BCUT2D eigenvalue weighted by Gasteiger charge is 2.26. The number of carbonyl (C=O) groups is 1. The van der Waals surface area contributed by atoms with Crippen molar-refractivity contribution >= 4 is 5.91 Å². The third kappa shape index (κ3) is 4.04. The average Bonchev–Trinajstić information content (AvgIpc) is 2.14. The second kappa shape index (κ2) is 6.62. The van der Waals surface area contributed by atoms with Crippen LogP contribution in [0, 0.1) is 5.92 Å². The summed E-state index contributed by atoms with van der Waals surface area (Å²) in [7, 11) is 1.91. The molecule has 1 saturated heterocycles. The zero-order chi connectivity index (χ0) is 11.1. The third-order valence-corrected chi connectivity index (χ3v) is 2.91. The Hall–Kier alpha value is -0.830. The van der Waals surface area contributed by atoms with E-state index in [1.165, 1.54) is 12.8 Å². The second-order valence-corrected chi connectivity index (χ2v) is 4.25. The molecule has 1 heterocycles. The molecule has 86 valence electrons. The molecule has 0 atom stereocenters. The molecule has 1 aliphatic rings. The van der Waals surface area contributed by atoms with Crippen LogP contribution in [-0.2, 0) is 4.79 Å². The van der Waals surface area contributed by atoms with Crippen molar-refractivity contribution in [3.8, 4) is 0 Å². The van der Waals surface area contributed by atoms with E-state index in [2.05, 4.69) is 11.9 Å². The number of nitrogens with zero attached hydrogens (tertiary/aromatic N) is 1. The fourth-order valence-corrected chi connectivity index (χ4v) is 1.70. The molecule has 0 aromatic rings. The molecule has 0 unspecified atom stereocenters. The quantitative estimate of drug-likeness (QED) is 0.509. The van der Waals surface area contributed by atoms with Crippen molar-refractivity contribution in [3.05, 3.63) is 12.7 Å². The van der Waals surface area contributed by atoms with Crippen LogP contribution in [0.2, 0.25) is 0 Å². The Morgan fingerprint density at radius 2 is 2.20 bits per heavy atom. The minimum atomic E-state index is 0.239. The van der Waals surface area contributed by atoms with Crippen molar-refractivity contribution in [2.45, 2.75) is 25.7 Å². The van der Waals surface area contributed by atoms with Gasteiger partial charge in [0.1, 0.15) is 0 Å². The van der Waals surface area contributed by atoms with Gasteiger partial charge in [-0.3, -0.25) is 4.79 Å². The molecule has 0 aromatic carbocycles. The summed E-state index contributed by atoms with van der Waals surface area (Å²) in [4.78, 5) is 13.6. The van der Waals surface area contributed by atoms with E-state index in [1.807, 2.05) is 18.0 Å². The topological polar surface area (TPSA) is 32.3 Å². The highest BCUT2D eigenvalue weighted by atomic mass is 16.2. The summed E-state index contributed by atoms with van der Waals surface area (Å²) >= 11 is 0. The molecule has 1 N–H and O–H groups in total. The van der Waals surface area contributed by atoms with Crippen LogP contribution in [0.25, 0.3) is 0 Å². The normalized spacial score (nSPS) is 15.8. The van der Waals surface area contributed by atoms with Gasteiger partial charge in [0.05, 0.1) is 5.92 Å². The van der Waals surface area contributed by atoms with Gasteiger partial charge in [-0.05, 0) is 19.3 Å². The Kier molecular flexibility index (Phi) is 5.40. The average molecular weight is 210 g/mol. The molecule has 1 aliphatic heterocycles. The summed E-state index contributed by atoms with van der Waals surface area (Å²) in [6.07, 6.45) is 6.53. The van der Waals surface area contributed by atoms with Crippen LogP contribution in [0.1, 0.15) is 25.7 Å². The first-order valence-corrected chi connectivity index (χ1v) is 5.82. The van der Waals surface area contributed by atoms with Crippen LogP contribution in [0.5, 0.6) is 0 Å². The standard InChI is InChI=1S/C12H22N2O/c1-3-4-5-6-7-8-14(2)12(15)11-9-13-10-11/h3,11,13H,1,4-10H2,2H3. The van der Waals surface area contributed by atoms with Crippen LogP contribution in [0.3, 0.4) is 0 Å². The fraction of sp³-hybridized carbons (Fsp3) is 0.750. The zero-order valence-electron chi connectivity index (χ0n) is 9.67. The molecule has 1 fully saturated rings. The lowest BCUT2D eigenvalue weighted by atomic mass is 10.0. The Morgan fingerprint density at radius 3 is 2.73 bits per heavy atom. The Morgan fingerprint density at radius 1 is 1.47 bits per heavy atom. The van der Waals surface area contributed by atoms with Crippen LogP contribution < -0.4 is 5.32 Å². The van der Waals surface area contributed by atoms with Gasteiger partial charge in [-0.1, -0.05) is 12.5 Å². The number of amides is 1. The maximum Gasteiger partial charge on any atom is 0.227 e. The maximum absolute atomic E-state index is 11.7. The zero-order valence-corrected chi connectivity index (χ0v) is 9.67. The summed E-state index contributed by atoms with van der Waals surface area (Å²) < 4.78 is 0. The van der Waals surface area contributed by atoms with Crippen LogP contribution in [0.15, 0.2) is 12.7 Å². The van der Waals surface area contributed by atoms with Gasteiger partial charge in [-0.15, -0.1) is 6.58 Å². The van der Waals surface area contributed by atoms with E-state index in [9.17, 15) is 4.79 Å². The van der Waals surface area contributed by atoms with E-state index in [4.69, 9.17) is 0 Å². The van der Waals surface area contributed by atoms with Crippen LogP contribution in [-0.4, -0.2) is 37.5 Å². The lowest BCUT2D eigenvalue weighted by Gasteiger charge is -2.30. The maximum atomic E-state index is 11.7. The van der Waals surface area contributed by atoms with Gasteiger partial charge in [-0.25, -0.2) is 0 Å². The first kappa shape index (κ1) is 12.2. The number of allylic oxidation sites excluding steroid dienone is 1. The van der Waals surface area contributed by atoms with E-state index in [0.29, 0.717) is 5.91 Å². The summed E-state index contributed by atoms with van der Waals surface area (Å²) in [5, 5.41) is 3.12. The van der Waals surface area contributed by atoms with Gasteiger partial charge in [0.25, 0.3) is 0 Å². The van der Waals surface area contributed by atoms with Gasteiger partial charge >= 0.3 is 0 Å². The fourth-order valence-electron chi connectivity index (χ4n) is 1.70. The number of hydrogen-bond donors (Lipinski definition) is 1. The SMILES string of the molecule is C=CCCCCCN(C)C(=O)C1CNC1. The highest BCUT2D eigenvalue weighted by Crippen LogP contribution is 2.08. The minimum absolute atomic E-state index is 0.239. The van der Waals surface area contributed by atoms with E-state index in [-0.39, 0.29) is 5.92 Å². The molecule has 0 aromatic heterocycles. The molecular formula is C12H22N2O. The van der Waals surface area contributed by atoms with Gasteiger partial charge in [0.15, 0.2) is 0 Å². The van der Waals surface area contributed by atoms with Gasteiger partial charge < -0.3 is 10.2 Å². The molecule has 0 spiro atoms. The highest BCUT2D eigenvalue weighted by molar-refractivity contribution is 5.79. The molecule has 3 heteroatoms. The minimum Gasteiger partial charge on any atom is -0.345 e. The monoisotopic (exact) mass is 210 g/mol. The molecule has 1 rings (SSSR count). The van der Waals surface area contributed by atoms with Crippen LogP contribution in [0.4, 0.5) is 0 Å². The number of rotatable bonds is 7. The molecule has 1 amide bonds. The third-order valence-electron chi connectivity index (χ3n) is 2.91. The molecule has 3 nitrogen and oxygen atoms in total. The van der Waals surface area contributed by atoms with Crippen molar-refractivity contribution in [3.63, 3.8) is 0 Å². The predicted molar refractivity (Wildman–Crippen MR) is 62.7 cm³/mol. The molecule has 0 radical (unpaired) electrons. The van der Waals surface area contributed by atoms with Crippen molar-refractivity contribution in [2.75, 3.05) is 26.7 Å². The second-order valence-electron chi connectivity index (χ2n) is 4.25. The summed E-state index contributed by atoms with van der Waals surface area (Å²) in [6.45, 7) is 6.31. The molecule has 0 bridgehead atoms. The number of carbonyl (C=O) groups excluding carboxylic acids is 1. The van der Waals surface area contributed by atoms with Gasteiger partial charge in [-0.2, -0.15) is 0 Å². The van der Waals surface area contributed by atoms with Gasteiger partial charge in [0, 0.05) is 26.7 Å².